The van der Waals surface area contributed by atoms with E-state index in [4.69, 9.17) is 9.73 Å². The van der Waals surface area contributed by atoms with Crippen molar-refractivity contribution in [2.45, 2.75) is 19.3 Å². The molecule has 1 unspecified atom stereocenters. The Hall–Kier alpha value is -2.38. The van der Waals surface area contributed by atoms with Crippen LogP contribution in [0.1, 0.15) is 19.4 Å². The van der Waals surface area contributed by atoms with Crippen LogP contribution in [0.2, 0.25) is 0 Å². The summed E-state index contributed by atoms with van der Waals surface area (Å²) in [4.78, 5) is 33.2. The summed E-state index contributed by atoms with van der Waals surface area (Å²) in [5.41, 5.74) is 1.28. The highest BCUT2D eigenvalue weighted by molar-refractivity contribution is 9.10. The first-order valence-electron chi connectivity index (χ1n) is 9.35. The van der Waals surface area contributed by atoms with E-state index in [-0.39, 0.29) is 12.5 Å². The molecule has 0 saturated carbocycles. The zero-order valence-electron chi connectivity index (χ0n) is 16.0. The van der Waals surface area contributed by atoms with E-state index in [0.29, 0.717) is 17.2 Å². The summed E-state index contributed by atoms with van der Waals surface area (Å²) in [6.07, 6.45) is 0. The Kier molecular flexibility index (Phi) is 5.36. The first kappa shape index (κ1) is 19.9. The molecule has 0 saturated heterocycles. The molecule has 0 aromatic heterocycles. The Morgan fingerprint density at radius 2 is 1.93 bits per heavy atom. The monoisotopic (exact) mass is 470 g/mol. The van der Waals surface area contributed by atoms with E-state index in [2.05, 4.69) is 15.9 Å². The number of rotatable bonds is 4. The normalized spacial score (nSPS) is 21.6. The number of carbonyl (C=O) groups excluding carboxylic acids is 2. The predicted octanol–water partition coefficient (Wildman–Crippen LogP) is 4.98. The molecule has 1 amide bonds. The van der Waals surface area contributed by atoms with Crippen molar-refractivity contribution in [1.29, 1.82) is 0 Å². The molecule has 2 aliphatic rings. The Morgan fingerprint density at radius 3 is 2.62 bits per heavy atom. The van der Waals surface area contributed by atoms with Crippen LogP contribution in [0.5, 0.6) is 0 Å². The summed E-state index contributed by atoms with van der Waals surface area (Å²) in [7, 11) is 0. The number of halogens is 1. The van der Waals surface area contributed by atoms with Crippen LogP contribution in [0.15, 0.2) is 69.0 Å². The quantitative estimate of drug-likeness (QED) is 0.591. The van der Waals surface area contributed by atoms with Crippen LogP contribution >= 0.6 is 27.7 Å². The van der Waals surface area contributed by atoms with Crippen LogP contribution in [0.25, 0.3) is 0 Å². The standard InChI is InChI=1S/C22H19BrN2O3S/c1-3-25-18-15(11-8-12-17(18)23)22(21(25)27)16(19(26)28-4-2)13-29-20(22)24-14-9-6-5-7-10-14/h5-13H,3-4H2,1-2H3. The number of fused-ring (bicyclic) bond motifs is 2. The molecule has 4 rings (SSSR count). The minimum atomic E-state index is -1.29. The lowest BCUT2D eigenvalue weighted by molar-refractivity contribution is -0.140. The number of hydrogen-bond acceptors (Lipinski definition) is 5. The van der Waals surface area contributed by atoms with E-state index >= 15 is 0 Å². The van der Waals surface area contributed by atoms with Crippen molar-refractivity contribution in [2.24, 2.45) is 4.99 Å². The maximum atomic E-state index is 13.9. The first-order chi connectivity index (χ1) is 14.1. The molecule has 0 aliphatic carbocycles. The molecule has 2 aliphatic heterocycles. The summed E-state index contributed by atoms with van der Waals surface area (Å²) < 4.78 is 6.12. The molecule has 2 aromatic rings. The molecule has 148 valence electrons. The summed E-state index contributed by atoms with van der Waals surface area (Å²) in [5.74, 6) is -0.670. The fourth-order valence-electron chi connectivity index (χ4n) is 3.83. The van der Waals surface area contributed by atoms with Crippen molar-refractivity contribution in [1.82, 2.24) is 0 Å². The molecule has 5 nitrogen and oxygen atoms in total. The number of thioether (sulfide) groups is 1. The number of carbonyl (C=O) groups is 2. The third kappa shape index (κ3) is 2.95. The van der Waals surface area contributed by atoms with Gasteiger partial charge in [0.25, 0.3) is 0 Å². The topological polar surface area (TPSA) is 59.0 Å². The van der Waals surface area contributed by atoms with Gasteiger partial charge in [0.15, 0.2) is 5.41 Å². The maximum Gasteiger partial charge on any atom is 0.336 e. The SMILES string of the molecule is CCOC(=O)C1=CSC(=Nc2ccccc2)C12C(=O)N(CC)c1c(Br)cccc12. The molecule has 29 heavy (non-hydrogen) atoms. The minimum absolute atomic E-state index is 0.180. The van der Waals surface area contributed by atoms with Gasteiger partial charge in [-0.05, 0) is 53.4 Å². The summed E-state index contributed by atoms with van der Waals surface area (Å²) >= 11 is 4.89. The largest absolute Gasteiger partial charge is 0.463 e. The lowest BCUT2D eigenvalue weighted by Crippen LogP contribution is -2.46. The van der Waals surface area contributed by atoms with Crippen LogP contribution in [0.3, 0.4) is 0 Å². The highest BCUT2D eigenvalue weighted by Gasteiger charge is 2.61. The Bertz CT molecular complexity index is 1050. The van der Waals surface area contributed by atoms with Gasteiger partial charge in [0.05, 0.1) is 23.6 Å². The summed E-state index contributed by atoms with van der Waals surface area (Å²) in [6.45, 7) is 4.39. The number of anilines is 1. The molecule has 0 radical (unpaired) electrons. The molecule has 1 atom stereocenters. The second kappa shape index (κ2) is 7.80. The zero-order chi connectivity index (χ0) is 20.6. The third-order valence-corrected chi connectivity index (χ3v) is 6.65. The van der Waals surface area contributed by atoms with Crippen LogP contribution in [0, 0.1) is 0 Å². The molecule has 2 aromatic carbocycles. The zero-order valence-corrected chi connectivity index (χ0v) is 18.4. The highest BCUT2D eigenvalue weighted by Crippen LogP contribution is 2.55. The number of esters is 1. The van der Waals surface area contributed by atoms with E-state index < -0.39 is 11.4 Å². The minimum Gasteiger partial charge on any atom is -0.463 e. The van der Waals surface area contributed by atoms with Crippen molar-refractivity contribution < 1.29 is 14.3 Å². The number of ether oxygens (including phenoxy) is 1. The van der Waals surface area contributed by atoms with Gasteiger partial charge in [0, 0.05) is 16.6 Å². The molecule has 2 heterocycles. The van der Waals surface area contributed by atoms with Gasteiger partial charge < -0.3 is 9.64 Å². The summed E-state index contributed by atoms with van der Waals surface area (Å²) in [6, 6.07) is 15.1. The van der Waals surface area contributed by atoms with Crippen molar-refractivity contribution in [2.75, 3.05) is 18.1 Å². The number of benzene rings is 2. The summed E-state index contributed by atoms with van der Waals surface area (Å²) in [5, 5.41) is 2.27. The van der Waals surface area contributed by atoms with E-state index in [1.54, 1.807) is 17.2 Å². The average molecular weight is 471 g/mol. The van der Waals surface area contributed by atoms with E-state index in [9.17, 15) is 9.59 Å². The average Bonchev–Trinajstić information content (AvgIpc) is 3.21. The van der Waals surface area contributed by atoms with Crippen molar-refractivity contribution >= 4 is 56.0 Å². The number of hydrogen-bond donors (Lipinski definition) is 0. The predicted molar refractivity (Wildman–Crippen MR) is 120 cm³/mol. The van der Waals surface area contributed by atoms with E-state index in [1.165, 1.54) is 11.8 Å². The second-order valence-corrected chi connectivity index (χ2v) is 8.27. The van der Waals surface area contributed by atoms with Gasteiger partial charge in [0.1, 0.15) is 5.04 Å². The number of para-hydroxylation sites is 2. The number of aliphatic imine (C=N–C) groups is 1. The Morgan fingerprint density at radius 1 is 1.17 bits per heavy atom. The number of likely N-dealkylation sites (N-methyl/N-ethyl adjacent to an activating group) is 1. The number of amides is 1. The van der Waals surface area contributed by atoms with E-state index in [0.717, 1.165) is 21.4 Å². The van der Waals surface area contributed by atoms with E-state index in [1.807, 2.05) is 55.5 Å². The van der Waals surface area contributed by atoms with Gasteiger partial charge in [-0.15, -0.1) is 0 Å². The van der Waals surface area contributed by atoms with Gasteiger partial charge in [-0.3, -0.25) is 4.79 Å². The molecule has 7 heteroatoms. The van der Waals surface area contributed by atoms with Crippen molar-refractivity contribution in [3.63, 3.8) is 0 Å². The van der Waals surface area contributed by atoms with Crippen LogP contribution in [-0.2, 0) is 19.7 Å². The fourth-order valence-corrected chi connectivity index (χ4v) is 5.55. The Labute approximate surface area is 182 Å². The molecular formula is C22H19BrN2O3S. The van der Waals surface area contributed by atoms with Gasteiger partial charge in [-0.2, -0.15) is 0 Å². The van der Waals surface area contributed by atoms with Gasteiger partial charge in [-0.1, -0.05) is 42.1 Å². The van der Waals surface area contributed by atoms with Crippen molar-refractivity contribution in [3.8, 4) is 0 Å². The van der Waals surface area contributed by atoms with Gasteiger partial charge >= 0.3 is 5.97 Å². The molecule has 0 bridgehead atoms. The molecular weight excluding hydrogens is 452 g/mol. The van der Waals surface area contributed by atoms with Crippen LogP contribution in [0.4, 0.5) is 11.4 Å². The smallest absolute Gasteiger partial charge is 0.336 e. The number of nitrogens with zero attached hydrogens (tertiary/aromatic N) is 2. The van der Waals surface area contributed by atoms with Gasteiger partial charge in [0.2, 0.25) is 5.91 Å². The van der Waals surface area contributed by atoms with Crippen LogP contribution < -0.4 is 4.90 Å². The lowest BCUT2D eigenvalue weighted by atomic mass is 9.76. The van der Waals surface area contributed by atoms with Crippen molar-refractivity contribution in [3.05, 3.63) is 69.5 Å². The second-order valence-electron chi connectivity index (χ2n) is 6.56. The molecule has 0 N–H and O–H groups in total. The molecule has 1 spiro atoms. The first-order valence-corrected chi connectivity index (χ1v) is 11.0. The third-order valence-electron chi connectivity index (χ3n) is 5.04. The van der Waals surface area contributed by atoms with Crippen LogP contribution in [-0.4, -0.2) is 30.1 Å². The highest BCUT2D eigenvalue weighted by atomic mass is 79.9. The molecule has 0 fully saturated rings. The maximum absolute atomic E-state index is 13.9. The van der Waals surface area contributed by atoms with Gasteiger partial charge in [-0.25, -0.2) is 9.79 Å². The lowest BCUT2D eigenvalue weighted by Gasteiger charge is -2.26. The fraction of sp³-hybridized carbons (Fsp3) is 0.227. The Balaban J connectivity index is 2.00.